The fourth-order valence-electron chi connectivity index (χ4n) is 2.97. The molecule has 0 bridgehead atoms. The Morgan fingerprint density at radius 2 is 1.55 bits per heavy atom. The molecule has 6 nitrogen and oxygen atoms in total. The maximum Gasteiger partial charge on any atom is 0.257 e. The van der Waals surface area contributed by atoms with Gasteiger partial charge in [0, 0.05) is 29.6 Å². The van der Waals surface area contributed by atoms with Gasteiger partial charge in [0.25, 0.3) is 5.91 Å². The van der Waals surface area contributed by atoms with Crippen LogP contribution in [0.2, 0.25) is 0 Å². The van der Waals surface area contributed by atoms with E-state index in [9.17, 15) is 4.79 Å². The maximum absolute atomic E-state index is 12.7. The molecule has 0 aliphatic rings. The number of aromatic nitrogens is 2. The van der Waals surface area contributed by atoms with Crippen molar-refractivity contribution in [2.24, 2.45) is 12.0 Å². The fraction of sp³-hybridized carbons (Fsp3) is 0.261. The van der Waals surface area contributed by atoms with E-state index >= 15 is 0 Å². The van der Waals surface area contributed by atoms with E-state index in [1.165, 1.54) is 5.56 Å². The summed E-state index contributed by atoms with van der Waals surface area (Å²) in [5.41, 5.74) is 6.77. The molecule has 3 rings (SSSR count). The Balaban J connectivity index is 1.84. The average molecular weight is 390 g/mol. The Labute approximate surface area is 171 Å². The molecule has 0 aliphatic heterocycles. The molecule has 0 unspecified atom stereocenters. The van der Waals surface area contributed by atoms with Crippen LogP contribution in [-0.2, 0) is 13.6 Å². The van der Waals surface area contributed by atoms with Gasteiger partial charge in [-0.15, -0.1) is 0 Å². The van der Waals surface area contributed by atoms with E-state index in [-0.39, 0.29) is 5.91 Å². The van der Waals surface area contributed by atoms with Crippen LogP contribution in [0.5, 0.6) is 0 Å². The zero-order valence-corrected chi connectivity index (χ0v) is 17.6. The number of carbonyl (C=O) groups excluding carboxylic acids is 1. The number of carbonyl (C=O) groups is 1. The predicted octanol–water partition coefficient (Wildman–Crippen LogP) is 4.05. The summed E-state index contributed by atoms with van der Waals surface area (Å²) in [5.74, 6) is 0.199. The normalized spacial score (nSPS) is 11.4. The number of guanidine groups is 1. The average Bonchev–Trinajstić information content (AvgIpc) is 2.93. The molecule has 0 atom stereocenters. The molecule has 1 aromatic heterocycles. The molecule has 3 aromatic rings. The molecule has 0 radical (unpaired) electrons. The minimum absolute atomic E-state index is 0.206. The van der Waals surface area contributed by atoms with Crippen LogP contribution in [0.3, 0.4) is 0 Å². The third kappa shape index (κ3) is 5.10. The van der Waals surface area contributed by atoms with Crippen molar-refractivity contribution >= 4 is 17.6 Å². The van der Waals surface area contributed by atoms with Gasteiger partial charge < -0.3 is 5.32 Å². The fourth-order valence-corrected chi connectivity index (χ4v) is 2.97. The van der Waals surface area contributed by atoms with Gasteiger partial charge in [0.05, 0.1) is 12.2 Å². The number of aryl methyl sites for hydroxylation is 4. The van der Waals surface area contributed by atoms with Gasteiger partial charge in [-0.05, 0) is 52.0 Å². The molecule has 0 saturated heterocycles. The van der Waals surface area contributed by atoms with Crippen molar-refractivity contribution in [1.82, 2.24) is 15.1 Å². The highest BCUT2D eigenvalue weighted by Gasteiger charge is 2.12. The summed E-state index contributed by atoms with van der Waals surface area (Å²) in [5, 5.41) is 10.6. The molecule has 0 fully saturated rings. The molecule has 0 spiro atoms. The van der Waals surface area contributed by atoms with E-state index in [1.807, 2.05) is 88.0 Å². The number of nitrogens with one attached hydrogen (secondary N) is 2. The van der Waals surface area contributed by atoms with Crippen molar-refractivity contribution in [2.75, 3.05) is 5.32 Å². The summed E-state index contributed by atoms with van der Waals surface area (Å²) < 4.78 is 1.85. The molecule has 150 valence electrons. The summed E-state index contributed by atoms with van der Waals surface area (Å²) in [4.78, 5) is 17.4. The number of amides is 1. The summed E-state index contributed by atoms with van der Waals surface area (Å²) >= 11 is 0. The number of hydrogen-bond donors (Lipinski definition) is 2. The summed E-state index contributed by atoms with van der Waals surface area (Å²) in [6.45, 7) is 8.44. The highest BCUT2D eigenvalue weighted by atomic mass is 16.1. The molecule has 0 aliphatic carbocycles. The molecular weight excluding hydrogens is 362 g/mol. The first-order valence-electron chi connectivity index (χ1n) is 9.58. The topological polar surface area (TPSA) is 71.3 Å². The zero-order valence-electron chi connectivity index (χ0n) is 17.6. The van der Waals surface area contributed by atoms with E-state index in [1.54, 1.807) is 0 Å². The van der Waals surface area contributed by atoms with Crippen LogP contribution in [0.1, 0.15) is 38.4 Å². The molecular formula is C23H27N5O. The van der Waals surface area contributed by atoms with Crippen LogP contribution in [0.25, 0.3) is 0 Å². The molecule has 2 aromatic carbocycles. The van der Waals surface area contributed by atoms with Gasteiger partial charge in [0.2, 0.25) is 5.96 Å². The lowest BCUT2D eigenvalue weighted by atomic mass is 10.1. The van der Waals surface area contributed by atoms with Crippen molar-refractivity contribution in [3.63, 3.8) is 0 Å². The second kappa shape index (κ2) is 8.73. The highest BCUT2D eigenvalue weighted by molar-refractivity contribution is 6.09. The summed E-state index contributed by atoms with van der Waals surface area (Å²) in [6, 6.07) is 15.4. The Hall–Kier alpha value is -3.41. The minimum Gasteiger partial charge on any atom is -0.326 e. The summed E-state index contributed by atoms with van der Waals surface area (Å²) in [6.07, 6.45) is 0. The van der Waals surface area contributed by atoms with E-state index in [4.69, 9.17) is 0 Å². The molecule has 2 N–H and O–H groups in total. The smallest absolute Gasteiger partial charge is 0.257 e. The van der Waals surface area contributed by atoms with Crippen LogP contribution in [0, 0.1) is 27.7 Å². The largest absolute Gasteiger partial charge is 0.326 e. The second-order valence-electron chi connectivity index (χ2n) is 7.25. The molecule has 6 heteroatoms. The maximum atomic E-state index is 12.7. The molecule has 0 saturated carbocycles. The Morgan fingerprint density at radius 3 is 2.10 bits per heavy atom. The first-order chi connectivity index (χ1) is 13.8. The number of benzene rings is 2. The number of hydrogen-bond acceptors (Lipinski definition) is 3. The number of rotatable bonds is 4. The lowest BCUT2D eigenvalue weighted by molar-refractivity contribution is 0.0977. The van der Waals surface area contributed by atoms with Crippen molar-refractivity contribution < 1.29 is 4.79 Å². The van der Waals surface area contributed by atoms with Crippen molar-refractivity contribution in [2.45, 2.75) is 34.2 Å². The van der Waals surface area contributed by atoms with E-state index in [0.29, 0.717) is 18.1 Å². The minimum atomic E-state index is -0.206. The van der Waals surface area contributed by atoms with Crippen LogP contribution in [0.4, 0.5) is 5.69 Å². The van der Waals surface area contributed by atoms with E-state index in [0.717, 1.165) is 28.2 Å². The first kappa shape index (κ1) is 20.3. The molecule has 1 heterocycles. The van der Waals surface area contributed by atoms with E-state index < -0.39 is 0 Å². The van der Waals surface area contributed by atoms with Crippen molar-refractivity contribution in [1.29, 1.82) is 0 Å². The van der Waals surface area contributed by atoms with Gasteiger partial charge in [-0.2, -0.15) is 5.10 Å². The third-order valence-electron chi connectivity index (χ3n) is 4.91. The van der Waals surface area contributed by atoms with Crippen LogP contribution in [-0.4, -0.2) is 21.6 Å². The molecule has 29 heavy (non-hydrogen) atoms. The zero-order chi connectivity index (χ0) is 21.0. The standard InChI is InChI=1S/C23H27N5O/c1-15-6-10-19(11-7-15)22(29)26-23(25-20-12-8-16(2)9-13-20)24-14-21-17(3)27-28(5)18(21)4/h6-13H,14H2,1-5H3,(H2,24,25,26,29). The quantitative estimate of drug-likeness (QED) is 0.522. The number of anilines is 1. The first-order valence-corrected chi connectivity index (χ1v) is 9.58. The lowest BCUT2D eigenvalue weighted by Gasteiger charge is -2.12. The van der Waals surface area contributed by atoms with Crippen molar-refractivity contribution in [3.8, 4) is 0 Å². The van der Waals surface area contributed by atoms with Gasteiger partial charge in [0.1, 0.15) is 0 Å². The Morgan fingerprint density at radius 1 is 0.966 bits per heavy atom. The van der Waals surface area contributed by atoms with Crippen LogP contribution < -0.4 is 10.6 Å². The Bertz CT molecular complexity index is 1030. The van der Waals surface area contributed by atoms with Crippen LogP contribution in [0.15, 0.2) is 53.5 Å². The second-order valence-corrected chi connectivity index (χ2v) is 7.25. The SMILES string of the molecule is Cc1ccc(NC(=NCc2c(C)nn(C)c2C)NC(=O)c2ccc(C)cc2)cc1. The van der Waals surface area contributed by atoms with Gasteiger partial charge in [0.15, 0.2) is 0 Å². The monoisotopic (exact) mass is 389 g/mol. The predicted molar refractivity (Wildman–Crippen MR) is 117 cm³/mol. The van der Waals surface area contributed by atoms with Crippen molar-refractivity contribution in [3.05, 3.63) is 82.2 Å². The van der Waals surface area contributed by atoms with Gasteiger partial charge in [-0.1, -0.05) is 35.4 Å². The third-order valence-corrected chi connectivity index (χ3v) is 4.91. The van der Waals surface area contributed by atoms with Gasteiger partial charge >= 0.3 is 0 Å². The van der Waals surface area contributed by atoms with Gasteiger partial charge in [-0.3, -0.25) is 14.8 Å². The summed E-state index contributed by atoms with van der Waals surface area (Å²) in [7, 11) is 1.92. The van der Waals surface area contributed by atoms with Crippen LogP contribution >= 0.6 is 0 Å². The number of aliphatic imine (C=N–C) groups is 1. The van der Waals surface area contributed by atoms with E-state index in [2.05, 4.69) is 20.7 Å². The highest BCUT2D eigenvalue weighted by Crippen LogP contribution is 2.14. The number of nitrogens with zero attached hydrogens (tertiary/aromatic N) is 3. The Kier molecular flexibility index (Phi) is 6.12. The molecule has 1 amide bonds. The van der Waals surface area contributed by atoms with Gasteiger partial charge in [-0.25, -0.2) is 4.99 Å². The lowest BCUT2D eigenvalue weighted by Crippen LogP contribution is -2.36.